The van der Waals surface area contributed by atoms with Gasteiger partial charge in [0.15, 0.2) is 0 Å². The number of nitrogens with zero attached hydrogens (tertiary/aromatic N) is 2. The molecule has 7 nitrogen and oxygen atoms in total. The van der Waals surface area contributed by atoms with E-state index in [1.54, 1.807) is 0 Å². The average molecular weight is 266 g/mol. The molecule has 0 unspecified atom stereocenters. The van der Waals surface area contributed by atoms with Crippen LogP contribution in [0.15, 0.2) is 29.8 Å². The number of carboxylic acid groups (broad SMARTS) is 1. The lowest BCUT2D eigenvalue weighted by Crippen LogP contribution is -1.95. The van der Waals surface area contributed by atoms with Crippen molar-refractivity contribution < 1.29 is 19.6 Å². The van der Waals surface area contributed by atoms with E-state index in [1.807, 2.05) is 0 Å². The average Bonchev–Trinajstić information content (AvgIpc) is 2.78. The molecule has 0 saturated heterocycles. The number of rotatable bonds is 4. The van der Waals surface area contributed by atoms with Gasteiger partial charge in [-0.3, -0.25) is 10.1 Å². The lowest BCUT2D eigenvalue weighted by molar-refractivity contribution is -0.386. The molecule has 0 radical (unpaired) electrons. The van der Waals surface area contributed by atoms with Crippen molar-refractivity contribution in [3.63, 3.8) is 0 Å². The van der Waals surface area contributed by atoms with Crippen LogP contribution in [0.25, 0.3) is 0 Å². The van der Waals surface area contributed by atoms with Crippen molar-refractivity contribution in [3.8, 4) is 11.6 Å². The smallest absolute Gasteiger partial charge is 0.346 e. The molecule has 0 saturated carbocycles. The van der Waals surface area contributed by atoms with Crippen molar-refractivity contribution >= 4 is 23.0 Å². The number of hydrogen-bond acceptors (Lipinski definition) is 6. The number of pyridine rings is 1. The molecule has 92 valence electrons. The highest BCUT2D eigenvalue weighted by Crippen LogP contribution is 2.31. The molecule has 0 atom stereocenters. The van der Waals surface area contributed by atoms with E-state index < -0.39 is 10.9 Å². The molecule has 2 heterocycles. The fourth-order valence-corrected chi connectivity index (χ4v) is 1.84. The first-order valence-corrected chi connectivity index (χ1v) is 5.55. The highest BCUT2D eigenvalue weighted by molar-refractivity contribution is 7.12. The lowest BCUT2D eigenvalue weighted by atomic mass is 10.4. The summed E-state index contributed by atoms with van der Waals surface area (Å²) < 4.78 is 5.20. The molecule has 0 fully saturated rings. The van der Waals surface area contributed by atoms with E-state index in [0.717, 1.165) is 11.3 Å². The van der Waals surface area contributed by atoms with Crippen LogP contribution in [-0.4, -0.2) is 21.0 Å². The predicted octanol–water partition coefficient (Wildman–Crippen LogP) is 2.54. The van der Waals surface area contributed by atoms with Gasteiger partial charge < -0.3 is 9.84 Å². The van der Waals surface area contributed by atoms with Crippen LogP contribution < -0.4 is 4.74 Å². The van der Waals surface area contributed by atoms with Crippen LogP contribution in [0.4, 0.5) is 5.69 Å². The van der Waals surface area contributed by atoms with Crippen LogP contribution in [0.3, 0.4) is 0 Å². The number of carbonyl (C=O) groups is 1. The van der Waals surface area contributed by atoms with Gasteiger partial charge >= 0.3 is 11.7 Å². The monoisotopic (exact) mass is 266 g/mol. The molecule has 2 aromatic rings. The van der Waals surface area contributed by atoms with Crippen molar-refractivity contribution in [2.75, 3.05) is 0 Å². The fourth-order valence-electron chi connectivity index (χ4n) is 1.20. The van der Waals surface area contributed by atoms with Crippen LogP contribution >= 0.6 is 11.3 Å². The minimum absolute atomic E-state index is 0.0867. The Kier molecular flexibility index (Phi) is 3.20. The van der Waals surface area contributed by atoms with Crippen molar-refractivity contribution in [3.05, 3.63) is 44.8 Å². The highest BCUT2D eigenvalue weighted by atomic mass is 32.1. The number of carboxylic acids is 1. The summed E-state index contributed by atoms with van der Waals surface area (Å²) in [4.78, 5) is 24.6. The maximum atomic E-state index is 10.7. The first kappa shape index (κ1) is 12.0. The molecule has 0 aromatic carbocycles. The molecule has 18 heavy (non-hydrogen) atoms. The number of hydrogen-bond donors (Lipinski definition) is 1. The minimum Gasteiger partial charge on any atom is -0.477 e. The summed E-state index contributed by atoms with van der Waals surface area (Å²) in [6.45, 7) is 0. The molecular weight excluding hydrogens is 260 g/mol. The molecule has 1 N–H and O–H groups in total. The normalized spacial score (nSPS) is 10.0. The van der Waals surface area contributed by atoms with E-state index in [9.17, 15) is 14.9 Å². The summed E-state index contributed by atoms with van der Waals surface area (Å²) in [7, 11) is 0. The van der Waals surface area contributed by atoms with Gasteiger partial charge in [0.25, 0.3) is 5.88 Å². The molecule has 0 aliphatic carbocycles. The summed E-state index contributed by atoms with van der Waals surface area (Å²) >= 11 is 0.969. The largest absolute Gasteiger partial charge is 0.477 e. The summed E-state index contributed by atoms with van der Waals surface area (Å²) in [5.41, 5.74) is -0.277. The Balaban J connectivity index is 2.28. The van der Waals surface area contributed by atoms with Gasteiger partial charge in [-0.1, -0.05) is 0 Å². The molecule has 0 bridgehead atoms. The summed E-state index contributed by atoms with van der Waals surface area (Å²) in [6.07, 6.45) is 1.35. The first-order valence-electron chi connectivity index (χ1n) is 4.67. The maximum Gasteiger partial charge on any atom is 0.346 e. The zero-order valence-corrected chi connectivity index (χ0v) is 9.59. The van der Waals surface area contributed by atoms with Crippen molar-refractivity contribution in [1.29, 1.82) is 0 Å². The second-order valence-corrected chi connectivity index (χ2v) is 4.05. The van der Waals surface area contributed by atoms with E-state index in [0.29, 0.717) is 0 Å². The maximum absolute atomic E-state index is 10.7. The van der Waals surface area contributed by atoms with Crippen molar-refractivity contribution in [2.45, 2.75) is 0 Å². The van der Waals surface area contributed by atoms with Gasteiger partial charge in [-0.25, -0.2) is 9.78 Å². The molecule has 2 aromatic heterocycles. The van der Waals surface area contributed by atoms with Crippen molar-refractivity contribution in [2.24, 2.45) is 0 Å². The zero-order chi connectivity index (χ0) is 13.1. The molecule has 0 amide bonds. The number of aromatic carboxylic acids is 1. The van der Waals surface area contributed by atoms with Crippen LogP contribution in [0.2, 0.25) is 0 Å². The van der Waals surface area contributed by atoms with Gasteiger partial charge in [-0.2, -0.15) is 0 Å². The summed E-state index contributed by atoms with van der Waals surface area (Å²) in [5.74, 6) is -1.04. The Hall–Kier alpha value is -2.48. The molecule has 0 spiro atoms. The van der Waals surface area contributed by atoms with E-state index in [-0.39, 0.29) is 22.2 Å². The number of ether oxygens (including phenoxy) is 1. The second-order valence-electron chi connectivity index (χ2n) is 3.14. The summed E-state index contributed by atoms with van der Waals surface area (Å²) in [6, 6.07) is 3.96. The van der Waals surface area contributed by atoms with Gasteiger partial charge in [0.05, 0.1) is 4.92 Å². The van der Waals surface area contributed by atoms with Gasteiger partial charge in [0.1, 0.15) is 10.6 Å². The number of thiophene rings is 1. The van der Waals surface area contributed by atoms with Crippen LogP contribution in [0.1, 0.15) is 9.67 Å². The Morgan fingerprint density at radius 2 is 2.33 bits per heavy atom. The lowest BCUT2D eigenvalue weighted by Gasteiger charge is -2.01. The zero-order valence-electron chi connectivity index (χ0n) is 8.77. The molecule has 0 aliphatic rings. The van der Waals surface area contributed by atoms with Crippen LogP contribution in [0, 0.1) is 10.1 Å². The quantitative estimate of drug-likeness (QED) is 0.673. The first-order chi connectivity index (χ1) is 8.58. The fraction of sp³-hybridized carbons (Fsp3) is 0. The predicted molar refractivity (Wildman–Crippen MR) is 62.2 cm³/mol. The van der Waals surface area contributed by atoms with Gasteiger partial charge in [-0.15, -0.1) is 11.3 Å². The SMILES string of the molecule is O=C(O)c1cc(Oc2ncccc2[N+](=O)[O-])cs1. The Labute approximate surface area is 104 Å². The van der Waals surface area contributed by atoms with Crippen LogP contribution in [-0.2, 0) is 0 Å². The molecule has 0 aliphatic heterocycles. The summed E-state index contributed by atoms with van der Waals surface area (Å²) in [5, 5.41) is 20.9. The van der Waals surface area contributed by atoms with E-state index in [4.69, 9.17) is 9.84 Å². The Morgan fingerprint density at radius 3 is 2.94 bits per heavy atom. The van der Waals surface area contributed by atoms with Crippen LogP contribution in [0.5, 0.6) is 11.6 Å². The van der Waals surface area contributed by atoms with Gasteiger partial charge in [0, 0.05) is 23.7 Å². The second kappa shape index (κ2) is 4.80. The van der Waals surface area contributed by atoms with E-state index in [1.165, 1.54) is 29.8 Å². The van der Waals surface area contributed by atoms with Crippen molar-refractivity contribution in [1.82, 2.24) is 4.98 Å². The van der Waals surface area contributed by atoms with E-state index >= 15 is 0 Å². The topological polar surface area (TPSA) is 103 Å². The van der Waals surface area contributed by atoms with E-state index in [2.05, 4.69) is 4.98 Å². The number of nitro groups is 1. The third-order valence-corrected chi connectivity index (χ3v) is 2.85. The Morgan fingerprint density at radius 1 is 1.56 bits per heavy atom. The molecular formula is C10H6N2O5S. The Bertz CT molecular complexity index is 610. The molecule has 2 rings (SSSR count). The van der Waals surface area contributed by atoms with Gasteiger partial charge in [0.2, 0.25) is 0 Å². The third-order valence-electron chi connectivity index (χ3n) is 1.95. The minimum atomic E-state index is -1.08. The standard InChI is InChI=1S/C10H6N2O5S/c13-10(14)8-4-6(5-18-8)17-9-7(12(15)16)2-1-3-11-9/h1-5H,(H,13,14). The molecule has 8 heteroatoms. The highest BCUT2D eigenvalue weighted by Gasteiger charge is 2.17. The number of aromatic nitrogens is 1. The van der Waals surface area contributed by atoms with Gasteiger partial charge in [-0.05, 0) is 6.07 Å². The third kappa shape index (κ3) is 2.43.